The van der Waals surface area contributed by atoms with Crippen LogP contribution in [0.3, 0.4) is 0 Å². The Kier molecular flexibility index (Phi) is 5.33. The van der Waals surface area contributed by atoms with Crippen molar-refractivity contribution in [2.24, 2.45) is 0 Å². The molecule has 0 amide bonds. The first-order chi connectivity index (χ1) is 5.31. The summed E-state index contributed by atoms with van der Waals surface area (Å²) in [4.78, 5) is 9.98. The normalized spacial score (nSPS) is 13.5. The summed E-state index contributed by atoms with van der Waals surface area (Å²) in [6, 6.07) is 0. The molecule has 0 aliphatic carbocycles. The van der Waals surface area contributed by atoms with Gasteiger partial charge in [0, 0.05) is 0 Å². The third-order valence-corrected chi connectivity index (χ3v) is 7.17. The number of hydrogen-bond donors (Lipinski definition) is 1. The second kappa shape index (κ2) is 4.96. The fraction of sp³-hybridized carbons (Fsp3) is 1.00. The van der Waals surface area contributed by atoms with E-state index < -0.39 is 8.32 Å². The summed E-state index contributed by atoms with van der Waals surface area (Å²) >= 11 is 2.41. The van der Waals surface area contributed by atoms with E-state index in [1.165, 1.54) is 23.7 Å². The molecule has 12 heavy (non-hydrogen) atoms. The minimum absolute atomic E-state index is 0.179. The molecular formula is C9H21IOSi. The van der Waals surface area contributed by atoms with E-state index in [1.54, 1.807) is 0 Å². The Morgan fingerprint density at radius 2 is 1.75 bits per heavy atom. The fourth-order valence-corrected chi connectivity index (χ4v) is 2.30. The molecule has 0 unspecified atom stereocenters. The number of halogens is 1. The standard InChI is InChI=1S/C9H21IOSi/c1-9(2,12(3,4)11)7-5-6-8-10/h11H,5-8H2,1-4H3. The van der Waals surface area contributed by atoms with E-state index in [0.717, 1.165) is 0 Å². The van der Waals surface area contributed by atoms with Crippen molar-refractivity contribution in [3.05, 3.63) is 0 Å². The fourth-order valence-electron chi connectivity index (χ4n) is 0.967. The highest BCUT2D eigenvalue weighted by atomic mass is 127. The van der Waals surface area contributed by atoms with Gasteiger partial charge in [0.25, 0.3) is 0 Å². The van der Waals surface area contributed by atoms with Gasteiger partial charge >= 0.3 is 0 Å². The van der Waals surface area contributed by atoms with E-state index in [9.17, 15) is 4.80 Å². The van der Waals surface area contributed by atoms with Gasteiger partial charge in [0.2, 0.25) is 0 Å². The number of alkyl halides is 1. The quantitative estimate of drug-likeness (QED) is 0.356. The number of hydrogen-bond acceptors (Lipinski definition) is 1. The highest BCUT2D eigenvalue weighted by Gasteiger charge is 2.36. The Labute approximate surface area is 91.2 Å². The van der Waals surface area contributed by atoms with E-state index in [4.69, 9.17) is 0 Å². The van der Waals surface area contributed by atoms with Crippen LogP contribution in [0.2, 0.25) is 18.1 Å². The minimum atomic E-state index is -1.94. The summed E-state index contributed by atoms with van der Waals surface area (Å²) in [6.45, 7) is 8.48. The molecule has 0 aromatic rings. The van der Waals surface area contributed by atoms with Gasteiger partial charge in [-0.2, -0.15) is 0 Å². The topological polar surface area (TPSA) is 20.2 Å². The maximum Gasteiger partial charge on any atom is 0.188 e. The zero-order valence-corrected chi connectivity index (χ0v) is 11.8. The SMILES string of the molecule is CC(C)(CCCCI)[Si](C)(C)O. The van der Waals surface area contributed by atoms with Crippen LogP contribution in [0.15, 0.2) is 0 Å². The van der Waals surface area contributed by atoms with Crippen LogP contribution in [0.5, 0.6) is 0 Å². The molecular weight excluding hydrogens is 279 g/mol. The van der Waals surface area contributed by atoms with Crippen LogP contribution >= 0.6 is 22.6 Å². The molecule has 0 aromatic carbocycles. The van der Waals surface area contributed by atoms with Crippen LogP contribution < -0.4 is 0 Å². The average Bonchev–Trinajstić information content (AvgIpc) is 1.85. The molecule has 0 aliphatic rings. The second-order valence-electron chi connectivity index (χ2n) is 4.59. The maximum absolute atomic E-state index is 9.98. The molecule has 0 saturated carbocycles. The van der Waals surface area contributed by atoms with Crippen LogP contribution in [-0.4, -0.2) is 17.5 Å². The summed E-state index contributed by atoms with van der Waals surface area (Å²) in [5.41, 5.74) is 0. The van der Waals surface area contributed by atoms with Crippen molar-refractivity contribution >= 4 is 30.9 Å². The van der Waals surface area contributed by atoms with Gasteiger partial charge in [-0.05, 0) is 35.4 Å². The minimum Gasteiger partial charge on any atom is -0.432 e. The number of unbranched alkanes of at least 4 members (excludes halogenated alkanes) is 1. The Bertz CT molecular complexity index is 129. The molecule has 0 atom stereocenters. The maximum atomic E-state index is 9.98. The lowest BCUT2D eigenvalue weighted by molar-refractivity contribution is 0.442. The molecule has 0 fully saturated rings. The first kappa shape index (κ1) is 12.9. The van der Waals surface area contributed by atoms with Gasteiger partial charge in [-0.15, -0.1) is 0 Å². The Balaban J connectivity index is 3.88. The monoisotopic (exact) mass is 300 g/mol. The lowest BCUT2D eigenvalue weighted by Gasteiger charge is -2.35. The lowest BCUT2D eigenvalue weighted by Crippen LogP contribution is -2.38. The van der Waals surface area contributed by atoms with Crippen molar-refractivity contribution in [2.45, 2.75) is 51.2 Å². The van der Waals surface area contributed by atoms with Crippen molar-refractivity contribution in [1.29, 1.82) is 0 Å². The molecule has 0 radical (unpaired) electrons. The Morgan fingerprint density at radius 3 is 2.08 bits per heavy atom. The summed E-state index contributed by atoms with van der Waals surface area (Å²) in [6.07, 6.45) is 3.72. The van der Waals surface area contributed by atoms with E-state index in [-0.39, 0.29) is 5.04 Å². The molecule has 74 valence electrons. The summed E-state index contributed by atoms with van der Waals surface area (Å²) < 4.78 is 1.24. The van der Waals surface area contributed by atoms with E-state index in [1.807, 2.05) is 13.1 Å². The molecule has 0 bridgehead atoms. The van der Waals surface area contributed by atoms with E-state index in [2.05, 4.69) is 36.4 Å². The third-order valence-electron chi connectivity index (χ3n) is 2.84. The van der Waals surface area contributed by atoms with Gasteiger partial charge in [-0.3, -0.25) is 0 Å². The molecule has 0 aromatic heterocycles. The van der Waals surface area contributed by atoms with Crippen LogP contribution in [0.25, 0.3) is 0 Å². The molecule has 1 N–H and O–H groups in total. The van der Waals surface area contributed by atoms with Crippen LogP contribution in [0.4, 0.5) is 0 Å². The largest absolute Gasteiger partial charge is 0.432 e. The molecule has 0 aliphatic heterocycles. The molecule has 0 heterocycles. The second-order valence-corrected chi connectivity index (χ2v) is 10.1. The highest BCUT2D eigenvalue weighted by Crippen LogP contribution is 2.40. The van der Waals surface area contributed by atoms with Gasteiger partial charge in [0.15, 0.2) is 8.32 Å². The Morgan fingerprint density at radius 1 is 1.25 bits per heavy atom. The van der Waals surface area contributed by atoms with Crippen LogP contribution in [0, 0.1) is 0 Å². The first-order valence-corrected chi connectivity index (χ1v) is 9.07. The predicted molar refractivity (Wildman–Crippen MR) is 66.5 cm³/mol. The van der Waals surface area contributed by atoms with E-state index in [0.29, 0.717) is 0 Å². The summed E-state index contributed by atoms with van der Waals surface area (Å²) in [5.74, 6) is 0. The van der Waals surface area contributed by atoms with Gasteiger partial charge < -0.3 is 4.80 Å². The van der Waals surface area contributed by atoms with Crippen molar-refractivity contribution in [3.8, 4) is 0 Å². The molecule has 0 spiro atoms. The van der Waals surface area contributed by atoms with Gasteiger partial charge in [0.1, 0.15) is 0 Å². The summed E-state index contributed by atoms with van der Waals surface area (Å²) in [5, 5.41) is 0.179. The zero-order chi connectivity index (χ0) is 9.83. The predicted octanol–water partition coefficient (Wildman–Crippen LogP) is 3.57. The summed E-state index contributed by atoms with van der Waals surface area (Å²) in [7, 11) is -1.94. The smallest absolute Gasteiger partial charge is 0.188 e. The molecule has 0 rings (SSSR count). The van der Waals surface area contributed by atoms with Crippen molar-refractivity contribution in [3.63, 3.8) is 0 Å². The van der Waals surface area contributed by atoms with Gasteiger partial charge in [0.05, 0.1) is 0 Å². The molecule has 1 nitrogen and oxygen atoms in total. The molecule has 0 saturated heterocycles. The third kappa shape index (κ3) is 4.23. The van der Waals surface area contributed by atoms with Crippen molar-refractivity contribution in [2.75, 3.05) is 4.43 Å². The van der Waals surface area contributed by atoms with E-state index >= 15 is 0 Å². The van der Waals surface area contributed by atoms with Gasteiger partial charge in [-0.1, -0.05) is 42.9 Å². The highest BCUT2D eigenvalue weighted by molar-refractivity contribution is 14.1. The number of rotatable bonds is 5. The van der Waals surface area contributed by atoms with Crippen LogP contribution in [-0.2, 0) is 0 Å². The van der Waals surface area contributed by atoms with Crippen molar-refractivity contribution < 1.29 is 4.80 Å². The first-order valence-electron chi connectivity index (χ1n) is 4.59. The lowest BCUT2D eigenvalue weighted by atomic mass is 10.1. The van der Waals surface area contributed by atoms with Gasteiger partial charge in [-0.25, -0.2) is 0 Å². The van der Waals surface area contributed by atoms with Crippen molar-refractivity contribution in [1.82, 2.24) is 0 Å². The molecule has 3 heteroatoms. The Hall–Kier alpha value is 0.907. The average molecular weight is 300 g/mol. The zero-order valence-electron chi connectivity index (χ0n) is 8.65. The van der Waals surface area contributed by atoms with Crippen LogP contribution in [0.1, 0.15) is 33.1 Å².